The molecule has 0 saturated carbocycles. The second-order valence-corrected chi connectivity index (χ2v) is 4.13. The van der Waals surface area contributed by atoms with Gasteiger partial charge < -0.3 is 4.90 Å². The third kappa shape index (κ3) is 1.50. The quantitative estimate of drug-likeness (QED) is 0.650. The van der Waals surface area contributed by atoms with Crippen molar-refractivity contribution in [1.29, 1.82) is 0 Å². The van der Waals surface area contributed by atoms with E-state index in [2.05, 4.69) is 0 Å². The summed E-state index contributed by atoms with van der Waals surface area (Å²) in [5, 5.41) is -0.366. The predicted molar refractivity (Wildman–Crippen MR) is 57.6 cm³/mol. The molecule has 1 heterocycles. The summed E-state index contributed by atoms with van der Waals surface area (Å²) >= 11 is 5.97. The topological polar surface area (TPSA) is 20.3 Å². The van der Waals surface area contributed by atoms with Crippen molar-refractivity contribution in [3.05, 3.63) is 30.3 Å². The van der Waals surface area contributed by atoms with Crippen LogP contribution in [0.15, 0.2) is 30.3 Å². The Bertz CT molecular complexity index is 338. The number of hydrogen-bond donors (Lipinski definition) is 0. The molecule has 0 aromatic heterocycles. The molecule has 14 heavy (non-hydrogen) atoms. The van der Waals surface area contributed by atoms with Gasteiger partial charge >= 0.3 is 0 Å². The summed E-state index contributed by atoms with van der Waals surface area (Å²) in [6.45, 7) is 2.72. The maximum absolute atomic E-state index is 11.7. The molecule has 74 valence electrons. The van der Waals surface area contributed by atoms with Crippen molar-refractivity contribution in [2.45, 2.75) is 12.3 Å². The lowest BCUT2D eigenvalue weighted by atomic mass is 10.1. The Kier molecular flexibility index (Phi) is 2.46. The lowest BCUT2D eigenvalue weighted by Gasteiger charge is -2.15. The molecule has 1 amide bonds. The number of carbonyl (C=O) groups excluding carboxylic acids is 1. The summed E-state index contributed by atoms with van der Waals surface area (Å²) in [4.78, 5) is 13.5. The molecule has 1 aliphatic rings. The highest BCUT2D eigenvalue weighted by atomic mass is 35.5. The van der Waals surface area contributed by atoms with Gasteiger partial charge in [0.05, 0.1) is 0 Å². The minimum atomic E-state index is -0.366. The summed E-state index contributed by atoms with van der Waals surface area (Å²) in [6.07, 6.45) is 0. The Balaban J connectivity index is 2.26. The van der Waals surface area contributed by atoms with Crippen molar-refractivity contribution in [1.82, 2.24) is 0 Å². The third-order valence-corrected chi connectivity index (χ3v) is 3.16. The van der Waals surface area contributed by atoms with E-state index in [0.717, 1.165) is 12.2 Å². The zero-order valence-electron chi connectivity index (χ0n) is 7.98. The number of nitrogens with zero attached hydrogens (tertiary/aromatic N) is 1. The SMILES string of the molecule is C[C@@H]1CN(c2ccccc2)C(=O)[C@@H]1Cl. The van der Waals surface area contributed by atoms with Crippen molar-refractivity contribution in [3.63, 3.8) is 0 Å². The fraction of sp³-hybridized carbons (Fsp3) is 0.364. The average Bonchev–Trinajstić information content (AvgIpc) is 2.47. The molecule has 3 heteroatoms. The number of benzene rings is 1. The summed E-state index contributed by atoms with van der Waals surface area (Å²) in [5.41, 5.74) is 0.938. The lowest BCUT2D eigenvalue weighted by molar-refractivity contribution is -0.117. The van der Waals surface area contributed by atoms with Crippen LogP contribution < -0.4 is 4.90 Å². The highest BCUT2D eigenvalue weighted by Crippen LogP contribution is 2.27. The smallest absolute Gasteiger partial charge is 0.245 e. The van der Waals surface area contributed by atoms with E-state index in [9.17, 15) is 4.79 Å². The zero-order chi connectivity index (χ0) is 10.1. The van der Waals surface area contributed by atoms with E-state index in [4.69, 9.17) is 11.6 Å². The van der Waals surface area contributed by atoms with Gasteiger partial charge in [-0.05, 0) is 18.1 Å². The van der Waals surface area contributed by atoms with Crippen LogP contribution >= 0.6 is 11.6 Å². The lowest BCUT2D eigenvalue weighted by Crippen LogP contribution is -2.26. The van der Waals surface area contributed by atoms with E-state index in [1.807, 2.05) is 37.3 Å². The molecule has 0 spiro atoms. The second-order valence-electron chi connectivity index (χ2n) is 3.66. The van der Waals surface area contributed by atoms with Crippen LogP contribution in [0.3, 0.4) is 0 Å². The fourth-order valence-corrected chi connectivity index (χ4v) is 1.90. The van der Waals surface area contributed by atoms with Gasteiger partial charge in [-0.2, -0.15) is 0 Å². The van der Waals surface area contributed by atoms with Gasteiger partial charge in [0.2, 0.25) is 5.91 Å². The largest absolute Gasteiger partial charge is 0.311 e. The molecule has 0 bridgehead atoms. The van der Waals surface area contributed by atoms with Gasteiger partial charge in [-0.1, -0.05) is 25.1 Å². The predicted octanol–water partition coefficient (Wildman–Crippen LogP) is 2.28. The fourth-order valence-electron chi connectivity index (χ4n) is 1.70. The molecular formula is C11H12ClNO. The van der Waals surface area contributed by atoms with Gasteiger partial charge in [-0.3, -0.25) is 4.79 Å². The van der Waals surface area contributed by atoms with Gasteiger partial charge in [0.25, 0.3) is 0 Å². The van der Waals surface area contributed by atoms with Crippen LogP contribution in [0.2, 0.25) is 0 Å². The number of alkyl halides is 1. The molecular weight excluding hydrogens is 198 g/mol. The minimum absolute atomic E-state index is 0.0189. The van der Waals surface area contributed by atoms with Crippen molar-refractivity contribution < 1.29 is 4.79 Å². The Labute approximate surface area is 88.5 Å². The zero-order valence-corrected chi connectivity index (χ0v) is 8.74. The monoisotopic (exact) mass is 209 g/mol. The number of para-hydroxylation sites is 1. The van der Waals surface area contributed by atoms with Crippen LogP contribution in [0.5, 0.6) is 0 Å². The first kappa shape index (κ1) is 9.53. The van der Waals surface area contributed by atoms with Crippen molar-refractivity contribution in [2.75, 3.05) is 11.4 Å². The molecule has 1 aromatic carbocycles. The molecule has 0 aliphatic carbocycles. The third-order valence-electron chi connectivity index (χ3n) is 2.54. The van der Waals surface area contributed by atoms with Crippen molar-refractivity contribution in [3.8, 4) is 0 Å². The van der Waals surface area contributed by atoms with Gasteiger partial charge in [0.15, 0.2) is 0 Å². The summed E-state index contributed by atoms with van der Waals surface area (Å²) < 4.78 is 0. The van der Waals surface area contributed by atoms with Gasteiger partial charge in [0, 0.05) is 12.2 Å². The van der Waals surface area contributed by atoms with Crippen LogP contribution in [0.4, 0.5) is 5.69 Å². The van der Waals surface area contributed by atoms with Crippen LogP contribution in [0, 0.1) is 5.92 Å². The molecule has 0 N–H and O–H groups in total. The van der Waals surface area contributed by atoms with E-state index in [1.54, 1.807) is 4.90 Å². The van der Waals surface area contributed by atoms with E-state index < -0.39 is 0 Å². The van der Waals surface area contributed by atoms with E-state index in [0.29, 0.717) is 0 Å². The Hall–Kier alpha value is -1.02. The molecule has 2 rings (SSSR count). The van der Waals surface area contributed by atoms with Gasteiger partial charge in [-0.25, -0.2) is 0 Å². The Morgan fingerprint density at radius 3 is 2.50 bits per heavy atom. The van der Waals surface area contributed by atoms with Crippen LogP contribution in [0.25, 0.3) is 0 Å². The normalized spacial score (nSPS) is 27.0. The second kappa shape index (κ2) is 3.62. The number of rotatable bonds is 1. The molecule has 1 saturated heterocycles. The van der Waals surface area contributed by atoms with Crippen LogP contribution in [0.1, 0.15) is 6.92 Å². The maximum Gasteiger partial charge on any atom is 0.245 e. The number of halogens is 1. The van der Waals surface area contributed by atoms with Crippen LogP contribution in [-0.2, 0) is 4.79 Å². The Morgan fingerprint density at radius 1 is 1.36 bits per heavy atom. The minimum Gasteiger partial charge on any atom is -0.311 e. The standard InChI is InChI=1S/C11H12ClNO/c1-8-7-13(11(14)10(8)12)9-5-3-2-4-6-9/h2-6,8,10H,7H2,1H3/t8-,10-/m1/s1. The first-order valence-corrected chi connectivity index (χ1v) is 5.14. The number of amides is 1. The molecule has 0 unspecified atom stereocenters. The highest BCUT2D eigenvalue weighted by Gasteiger charge is 2.36. The number of carbonyl (C=O) groups is 1. The number of hydrogen-bond acceptors (Lipinski definition) is 1. The molecule has 0 radical (unpaired) electrons. The van der Waals surface area contributed by atoms with E-state index >= 15 is 0 Å². The maximum atomic E-state index is 11.7. The molecule has 2 atom stereocenters. The van der Waals surface area contributed by atoms with Crippen molar-refractivity contribution >= 4 is 23.2 Å². The molecule has 1 fully saturated rings. The average molecular weight is 210 g/mol. The highest BCUT2D eigenvalue weighted by molar-refractivity contribution is 6.34. The first-order chi connectivity index (χ1) is 6.70. The summed E-state index contributed by atoms with van der Waals surface area (Å²) in [5.74, 6) is 0.245. The van der Waals surface area contributed by atoms with Crippen molar-refractivity contribution in [2.24, 2.45) is 5.92 Å². The van der Waals surface area contributed by atoms with Gasteiger partial charge in [-0.15, -0.1) is 11.6 Å². The summed E-state index contributed by atoms with van der Waals surface area (Å²) in [7, 11) is 0. The molecule has 2 nitrogen and oxygen atoms in total. The summed E-state index contributed by atoms with van der Waals surface area (Å²) in [6, 6.07) is 9.65. The molecule has 1 aromatic rings. The first-order valence-electron chi connectivity index (χ1n) is 4.70. The Morgan fingerprint density at radius 2 is 2.00 bits per heavy atom. The van der Waals surface area contributed by atoms with Gasteiger partial charge in [0.1, 0.15) is 5.38 Å². The van der Waals surface area contributed by atoms with E-state index in [1.165, 1.54) is 0 Å². The number of anilines is 1. The van der Waals surface area contributed by atoms with E-state index in [-0.39, 0.29) is 17.2 Å². The van der Waals surface area contributed by atoms with Crippen LogP contribution in [-0.4, -0.2) is 17.8 Å². The molecule has 1 aliphatic heterocycles.